The van der Waals surface area contributed by atoms with Crippen LogP contribution in [0.3, 0.4) is 0 Å². The number of thiocarbonyl (C=S) groups is 1. The second-order valence-electron chi connectivity index (χ2n) is 7.06. The molecule has 0 atom stereocenters. The molecule has 0 spiro atoms. The Morgan fingerprint density at radius 3 is 2.34 bits per heavy atom. The van der Waals surface area contributed by atoms with Crippen LogP contribution in [0.2, 0.25) is 0 Å². The highest BCUT2D eigenvalue weighted by atomic mass is 32.1. The van der Waals surface area contributed by atoms with Gasteiger partial charge in [-0.05, 0) is 73.2 Å². The fourth-order valence-electron chi connectivity index (χ4n) is 2.94. The van der Waals surface area contributed by atoms with Gasteiger partial charge in [-0.3, -0.25) is 14.9 Å². The van der Waals surface area contributed by atoms with Crippen LogP contribution in [0.1, 0.15) is 34.1 Å². The Morgan fingerprint density at radius 2 is 1.66 bits per heavy atom. The van der Waals surface area contributed by atoms with Gasteiger partial charge in [0, 0.05) is 29.5 Å². The van der Waals surface area contributed by atoms with Gasteiger partial charge < -0.3 is 15.0 Å². The first-order valence-corrected chi connectivity index (χ1v) is 10.7. The number of benzene rings is 3. The van der Waals surface area contributed by atoms with Crippen LogP contribution in [0, 0.1) is 0 Å². The lowest BCUT2D eigenvalue weighted by Gasteiger charge is -2.17. The van der Waals surface area contributed by atoms with Gasteiger partial charge in [-0.25, -0.2) is 0 Å². The molecule has 0 bridgehead atoms. The molecule has 2 amide bonds. The van der Waals surface area contributed by atoms with E-state index in [0.717, 1.165) is 12.1 Å². The first kappa shape index (κ1) is 23.0. The zero-order valence-electron chi connectivity index (χ0n) is 18.0. The molecule has 0 aliphatic carbocycles. The molecule has 3 rings (SSSR count). The van der Waals surface area contributed by atoms with E-state index in [9.17, 15) is 9.59 Å². The zero-order chi connectivity index (χ0) is 22.9. The van der Waals surface area contributed by atoms with E-state index in [4.69, 9.17) is 17.0 Å². The highest BCUT2D eigenvalue weighted by Gasteiger charge is 2.14. The SMILES string of the molecule is CCCOc1cccc(C(=O)NC(=S)Nc2ccc(C(=O)N(C)c3ccccc3)cc2)c1. The number of nitrogens with zero attached hydrogens (tertiary/aromatic N) is 1. The highest BCUT2D eigenvalue weighted by Crippen LogP contribution is 2.17. The van der Waals surface area contributed by atoms with Crippen molar-refractivity contribution >= 4 is 40.5 Å². The molecule has 0 saturated heterocycles. The van der Waals surface area contributed by atoms with Gasteiger partial charge in [-0.2, -0.15) is 0 Å². The summed E-state index contributed by atoms with van der Waals surface area (Å²) in [5.74, 6) is 0.184. The molecule has 0 unspecified atom stereocenters. The van der Waals surface area contributed by atoms with Crippen molar-refractivity contribution in [3.8, 4) is 5.75 Å². The van der Waals surface area contributed by atoms with Gasteiger partial charge in [-0.1, -0.05) is 31.2 Å². The van der Waals surface area contributed by atoms with Crippen LogP contribution < -0.4 is 20.3 Å². The predicted molar refractivity (Wildman–Crippen MR) is 132 cm³/mol. The smallest absolute Gasteiger partial charge is 0.258 e. The van der Waals surface area contributed by atoms with Gasteiger partial charge in [-0.15, -0.1) is 0 Å². The van der Waals surface area contributed by atoms with E-state index in [1.165, 1.54) is 0 Å². The summed E-state index contributed by atoms with van der Waals surface area (Å²) < 4.78 is 5.56. The van der Waals surface area contributed by atoms with E-state index in [-0.39, 0.29) is 16.9 Å². The van der Waals surface area contributed by atoms with Crippen LogP contribution in [-0.4, -0.2) is 30.6 Å². The molecule has 0 radical (unpaired) electrons. The van der Waals surface area contributed by atoms with E-state index < -0.39 is 0 Å². The number of anilines is 2. The molecule has 0 fully saturated rings. The molecule has 3 aromatic rings. The standard InChI is InChI=1S/C25H25N3O3S/c1-3-16-31-22-11-7-8-19(17-22)23(29)27-25(32)26-20-14-12-18(13-15-20)24(30)28(2)21-9-5-4-6-10-21/h4-15,17H,3,16H2,1-2H3,(H2,26,27,29,32). The number of carbonyl (C=O) groups is 2. The van der Waals surface area contributed by atoms with E-state index in [1.807, 2.05) is 37.3 Å². The van der Waals surface area contributed by atoms with Crippen LogP contribution in [0.5, 0.6) is 5.75 Å². The molecule has 3 aromatic carbocycles. The average Bonchev–Trinajstić information content (AvgIpc) is 2.83. The fourth-order valence-corrected chi connectivity index (χ4v) is 3.15. The monoisotopic (exact) mass is 447 g/mol. The number of para-hydroxylation sites is 1. The quantitative estimate of drug-likeness (QED) is 0.505. The first-order valence-electron chi connectivity index (χ1n) is 10.3. The predicted octanol–water partition coefficient (Wildman–Crippen LogP) is 4.88. The van der Waals surface area contributed by atoms with E-state index >= 15 is 0 Å². The molecule has 0 heterocycles. The summed E-state index contributed by atoms with van der Waals surface area (Å²) in [6, 6.07) is 23.3. The third-order valence-electron chi connectivity index (χ3n) is 4.63. The Balaban J connectivity index is 1.57. The summed E-state index contributed by atoms with van der Waals surface area (Å²) in [5, 5.41) is 5.78. The van der Waals surface area contributed by atoms with E-state index in [0.29, 0.717) is 29.2 Å². The first-order chi connectivity index (χ1) is 15.5. The second kappa shape index (κ2) is 11.1. The molecule has 0 aliphatic heterocycles. The Bertz CT molecular complexity index is 1090. The minimum atomic E-state index is -0.333. The minimum Gasteiger partial charge on any atom is -0.494 e. The molecule has 32 heavy (non-hydrogen) atoms. The molecular formula is C25H25N3O3S. The summed E-state index contributed by atoms with van der Waals surface area (Å²) in [6.07, 6.45) is 0.886. The molecular weight excluding hydrogens is 422 g/mol. The van der Waals surface area contributed by atoms with Crippen LogP contribution in [0.4, 0.5) is 11.4 Å². The van der Waals surface area contributed by atoms with Crippen molar-refractivity contribution in [3.05, 3.63) is 90.0 Å². The Morgan fingerprint density at radius 1 is 0.938 bits per heavy atom. The lowest BCUT2D eigenvalue weighted by atomic mass is 10.1. The lowest BCUT2D eigenvalue weighted by Crippen LogP contribution is -2.34. The fraction of sp³-hybridized carbons (Fsp3) is 0.160. The summed E-state index contributed by atoms with van der Waals surface area (Å²) in [4.78, 5) is 26.8. The molecule has 0 saturated carbocycles. The van der Waals surface area contributed by atoms with E-state index in [1.54, 1.807) is 60.5 Å². The van der Waals surface area contributed by atoms with Crippen molar-refractivity contribution < 1.29 is 14.3 Å². The number of carbonyl (C=O) groups excluding carboxylic acids is 2. The molecule has 2 N–H and O–H groups in total. The van der Waals surface area contributed by atoms with Crippen LogP contribution in [0.25, 0.3) is 0 Å². The number of hydrogen-bond donors (Lipinski definition) is 2. The van der Waals surface area contributed by atoms with E-state index in [2.05, 4.69) is 10.6 Å². The van der Waals surface area contributed by atoms with Crippen molar-refractivity contribution in [2.24, 2.45) is 0 Å². The van der Waals surface area contributed by atoms with Gasteiger partial charge in [0.25, 0.3) is 11.8 Å². The molecule has 0 aromatic heterocycles. The third-order valence-corrected chi connectivity index (χ3v) is 4.84. The highest BCUT2D eigenvalue weighted by molar-refractivity contribution is 7.80. The van der Waals surface area contributed by atoms with Crippen LogP contribution in [-0.2, 0) is 0 Å². The molecule has 0 aliphatic rings. The van der Waals surface area contributed by atoms with Crippen LogP contribution in [0.15, 0.2) is 78.9 Å². The van der Waals surface area contributed by atoms with Gasteiger partial charge >= 0.3 is 0 Å². The maximum Gasteiger partial charge on any atom is 0.258 e. The number of ether oxygens (including phenoxy) is 1. The molecule has 7 heteroatoms. The van der Waals surface area contributed by atoms with Crippen molar-refractivity contribution in [1.29, 1.82) is 0 Å². The van der Waals surface area contributed by atoms with Gasteiger partial charge in [0.1, 0.15) is 5.75 Å². The maximum atomic E-state index is 12.7. The molecule has 6 nitrogen and oxygen atoms in total. The summed E-state index contributed by atoms with van der Waals surface area (Å²) in [6.45, 7) is 2.61. The maximum absolute atomic E-state index is 12.7. The molecule has 164 valence electrons. The van der Waals surface area contributed by atoms with Crippen molar-refractivity contribution in [1.82, 2.24) is 5.32 Å². The van der Waals surface area contributed by atoms with Gasteiger partial charge in [0.05, 0.1) is 6.61 Å². The lowest BCUT2D eigenvalue weighted by molar-refractivity contribution is 0.0974. The second-order valence-corrected chi connectivity index (χ2v) is 7.47. The number of amides is 2. The largest absolute Gasteiger partial charge is 0.494 e. The number of hydrogen-bond acceptors (Lipinski definition) is 4. The van der Waals surface area contributed by atoms with Crippen molar-refractivity contribution in [2.45, 2.75) is 13.3 Å². The normalized spacial score (nSPS) is 10.2. The number of nitrogens with one attached hydrogen (secondary N) is 2. The Hall–Kier alpha value is -3.71. The zero-order valence-corrected chi connectivity index (χ0v) is 18.8. The Labute approximate surface area is 193 Å². The average molecular weight is 448 g/mol. The topological polar surface area (TPSA) is 70.7 Å². The third kappa shape index (κ3) is 6.15. The van der Waals surface area contributed by atoms with Crippen LogP contribution >= 0.6 is 12.2 Å². The summed E-state index contributed by atoms with van der Waals surface area (Å²) >= 11 is 5.26. The summed E-state index contributed by atoms with van der Waals surface area (Å²) in [7, 11) is 1.73. The van der Waals surface area contributed by atoms with Gasteiger partial charge in [0.15, 0.2) is 5.11 Å². The van der Waals surface area contributed by atoms with Crippen molar-refractivity contribution in [2.75, 3.05) is 23.9 Å². The Kier molecular flexibility index (Phi) is 7.94. The van der Waals surface area contributed by atoms with Gasteiger partial charge in [0.2, 0.25) is 0 Å². The van der Waals surface area contributed by atoms with Crippen molar-refractivity contribution in [3.63, 3.8) is 0 Å². The minimum absolute atomic E-state index is 0.121. The summed E-state index contributed by atoms with van der Waals surface area (Å²) in [5.41, 5.74) is 2.47. The number of rotatable bonds is 7.